The summed E-state index contributed by atoms with van der Waals surface area (Å²) in [6, 6.07) is 7.76. The first kappa shape index (κ1) is 16.0. The molecule has 0 radical (unpaired) electrons. The fourth-order valence-electron chi connectivity index (χ4n) is 2.28. The smallest absolute Gasteiger partial charge is 0.137 e. The Bertz CT molecular complexity index is 560. The zero-order valence-corrected chi connectivity index (χ0v) is 13.5. The van der Waals surface area contributed by atoms with Crippen LogP contribution >= 0.6 is 11.6 Å². The van der Waals surface area contributed by atoms with E-state index in [1.165, 1.54) is 11.9 Å². The third-order valence-electron chi connectivity index (χ3n) is 4.03. The number of rotatable bonds is 5. The van der Waals surface area contributed by atoms with Crippen LogP contribution in [-0.2, 0) is 13.0 Å². The summed E-state index contributed by atoms with van der Waals surface area (Å²) in [4.78, 5) is 3.94. The standard InChI is InChI=1S/C16H22ClN3O/c1-15(2,3)16(21,10-20-12-18-11-19-20)9-8-13-4-6-14(17)7-5-13/h4-7,11-12,21H,8-10H2,1-3H3/t16-/m0/s1. The molecule has 1 N–H and O–H groups in total. The molecule has 0 bridgehead atoms. The van der Waals surface area contributed by atoms with Gasteiger partial charge in [0.25, 0.3) is 0 Å². The third kappa shape index (κ3) is 4.05. The van der Waals surface area contributed by atoms with Crippen LogP contribution in [0.4, 0.5) is 0 Å². The van der Waals surface area contributed by atoms with Gasteiger partial charge in [0.05, 0.1) is 12.1 Å². The van der Waals surface area contributed by atoms with E-state index in [-0.39, 0.29) is 5.41 Å². The quantitative estimate of drug-likeness (QED) is 0.921. The van der Waals surface area contributed by atoms with E-state index in [1.807, 2.05) is 45.0 Å². The predicted molar refractivity (Wildman–Crippen MR) is 84.2 cm³/mol. The van der Waals surface area contributed by atoms with E-state index in [1.54, 1.807) is 11.0 Å². The monoisotopic (exact) mass is 307 g/mol. The third-order valence-corrected chi connectivity index (χ3v) is 4.28. The van der Waals surface area contributed by atoms with Gasteiger partial charge in [-0.1, -0.05) is 44.5 Å². The molecule has 0 aliphatic carbocycles. The molecule has 4 nitrogen and oxygen atoms in total. The van der Waals surface area contributed by atoms with Crippen molar-refractivity contribution >= 4 is 11.6 Å². The molecule has 1 atom stereocenters. The first-order chi connectivity index (χ1) is 9.80. The minimum atomic E-state index is -0.861. The van der Waals surface area contributed by atoms with Gasteiger partial charge in [-0.05, 0) is 36.0 Å². The maximum atomic E-state index is 11.1. The maximum absolute atomic E-state index is 11.1. The molecule has 1 aromatic carbocycles. The molecule has 0 saturated carbocycles. The van der Waals surface area contributed by atoms with E-state index in [4.69, 9.17) is 11.6 Å². The van der Waals surface area contributed by atoms with Crippen molar-refractivity contribution in [3.8, 4) is 0 Å². The van der Waals surface area contributed by atoms with Crippen LogP contribution in [0.1, 0.15) is 32.8 Å². The van der Waals surface area contributed by atoms with Gasteiger partial charge in [-0.25, -0.2) is 4.98 Å². The van der Waals surface area contributed by atoms with Crippen LogP contribution in [0.25, 0.3) is 0 Å². The van der Waals surface area contributed by atoms with Crippen molar-refractivity contribution in [3.05, 3.63) is 47.5 Å². The predicted octanol–water partition coefficient (Wildman–Crippen LogP) is 3.34. The molecule has 0 saturated heterocycles. The average Bonchev–Trinajstić information content (AvgIpc) is 2.89. The molecule has 2 rings (SSSR count). The second-order valence-corrected chi connectivity index (χ2v) is 6.94. The highest BCUT2D eigenvalue weighted by Crippen LogP contribution is 2.35. The molecular weight excluding hydrogens is 286 g/mol. The Morgan fingerprint density at radius 2 is 1.86 bits per heavy atom. The van der Waals surface area contributed by atoms with Gasteiger partial charge in [-0.3, -0.25) is 4.68 Å². The number of benzene rings is 1. The minimum Gasteiger partial charge on any atom is -0.387 e. The highest BCUT2D eigenvalue weighted by Gasteiger charge is 2.40. The normalized spacial score (nSPS) is 14.9. The molecule has 0 aliphatic rings. The van der Waals surface area contributed by atoms with E-state index in [9.17, 15) is 5.11 Å². The van der Waals surface area contributed by atoms with Crippen molar-refractivity contribution in [1.29, 1.82) is 0 Å². The average molecular weight is 308 g/mol. The van der Waals surface area contributed by atoms with Crippen LogP contribution in [-0.4, -0.2) is 25.5 Å². The van der Waals surface area contributed by atoms with Crippen LogP contribution < -0.4 is 0 Å². The fourth-order valence-corrected chi connectivity index (χ4v) is 2.40. The Labute approximate surface area is 130 Å². The van der Waals surface area contributed by atoms with E-state index >= 15 is 0 Å². The Kier molecular flexibility index (Phi) is 4.69. The molecule has 114 valence electrons. The lowest BCUT2D eigenvalue weighted by Gasteiger charge is -2.40. The number of halogens is 1. The van der Waals surface area contributed by atoms with Crippen LogP contribution in [0, 0.1) is 5.41 Å². The first-order valence-corrected chi connectivity index (χ1v) is 7.47. The molecule has 1 aromatic heterocycles. The van der Waals surface area contributed by atoms with Crippen LogP contribution in [0.15, 0.2) is 36.9 Å². The number of hydrogen-bond acceptors (Lipinski definition) is 3. The summed E-state index contributed by atoms with van der Waals surface area (Å²) < 4.78 is 1.69. The maximum Gasteiger partial charge on any atom is 0.137 e. The summed E-state index contributed by atoms with van der Waals surface area (Å²) in [5.41, 5.74) is 0.0479. The number of aliphatic hydroxyl groups is 1. The Balaban J connectivity index is 2.11. The van der Waals surface area contributed by atoms with E-state index in [0.29, 0.717) is 13.0 Å². The van der Waals surface area contributed by atoms with Crippen molar-refractivity contribution in [1.82, 2.24) is 14.8 Å². The highest BCUT2D eigenvalue weighted by molar-refractivity contribution is 6.30. The van der Waals surface area contributed by atoms with Gasteiger partial charge in [0.15, 0.2) is 0 Å². The van der Waals surface area contributed by atoms with Crippen molar-refractivity contribution in [3.63, 3.8) is 0 Å². The largest absolute Gasteiger partial charge is 0.387 e. The Hall–Kier alpha value is -1.39. The van der Waals surface area contributed by atoms with Gasteiger partial charge in [0.2, 0.25) is 0 Å². The molecule has 0 aliphatic heterocycles. The Morgan fingerprint density at radius 1 is 1.19 bits per heavy atom. The molecule has 0 amide bonds. The molecule has 0 fully saturated rings. The first-order valence-electron chi connectivity index (χ1n) is 7.09. The summed E-state index contributed by atoms with van der Waals surface area (Å²) in [7, 11) is 0. The molecule has 1 heterocycles. The lowest BCUT2D eigenvalue weighted by molar-refractivity contribution is -0.0796. The van der Waals surface area contributed by atoms with Gasteiger partial charge < -0.3 is 5.11 Å². The van der Waals surface area contributed by atoms with Gasteiger partial charge in [0.1, 0.15) is 12.7 Å². The van der Waals surface area contributed by atoms with Crippen molar-refractivity contribution in [2.75, 3.05) is 0 Å². The zero-order chi connectivity index (χ0) is 15.5. The highest BCUT2D eigenvalue weighted by atomic mass is 35.5. The number of aryl methyl sites for hydroxylation is 1. The van der Waals surface area contributed by atoms with Crippen LogP contribution in [0.3, 0.4) is 0 Å². The lowest BCUT2D eigenvalue weighted by Crippen LogP contribution is -2.47. The molecule has 21 heavy (non-hydrogen) atoms. The van der Waals surface area contributed by atoms with Crippen molar-refractivity contribution in [2.24, 2.45) is 5.41 Å². The van der Waals surface area contributed by atoms with Gasteiger partial charge in [-0.15, -0.1) is 0 Å². The van der Waals surface area contributed by atoms with Gasteiger partial charge in [-0.2, -0.15) is 5.10 Å². The molecule has 5 heteroatoms. The number of nitrogens with zero attached hydrogens (tertiary/aromatic N) is 3. The molecule has 2 aromatic rings. The molecule has 0 spiro atoms. The molecular formula is C16H22ClN3O. The Morgan fingerprint density at radius 3 is 2.38 bits per heavy atom. The lowest BCUT2D eigenvalue weighted by atomic mass is 9.73. The molecule has 0 unspecified atom stereocenters. The minimum absolute atomic E-state index is 0.259. The fraction of sp³-hybridized carbons (Fsp3) is 0.500. The second-order valence-electron chi connectivity index (χ2n) is 6.50. The summed E-state index contributed by atoms with van der Waals surface area (Å²) in [6.45, 7) is 6.58. The zero-order valence-electron chi connectivity index (χ0n) is 12.8. The van der Waals surface area contributed by atoms with Crippen LogP contribution in [0.2, 0.25) is 5.02 Å². The van der Waals surface area contributed by atoms with Crippen molar-refractivity contribution < 1.29 is 5.11 Å². The van der Waals surface area contributed by atoms with Gasteiger partial charge >= 0.3 is 0 Å². The van der Waals surface area contributed by atoms with E-state index in [0.717, 1.165) is 11.4 Å². The number of aromatic nitrogens is 3. The summed E-state index contributed by atoms with van der Waals surface area (Å²) in [6.07, 6.45) is 4.57. The summed E-state index contributed by atoms with van der Waals surface area (Å²) >= 11 is 5.90. The summed E-state index contributed by atoms with van der Waals surface area (Å²) in [5, 5.41) is 16.0. The topological polar surface area (TPSA) is 50.9 Å². The second kappa shape index (κ2) is 6.16. The van der Waals surface area contributed by atoms with Gasteiger partial charge in [0, 0.05) is 5.02 Å². The van der Waals surface area contributed by atoms with Crippen molar-refractivity contribution in [2.45, 2.75) is 45.8 Å². The SMILES string of the molecule is CC(C)(C)[C@](O)(CCc1ccc(Cl)cc1)Cn1cncn1. The number of hydrogen-bond donors (Lipinski definition) is 1. The van der Waals surface area contributed by atoms with Crippen LogP contribution in [0.5, 0.6) is 0 Å². The summed E-state index contributed by atoms with van der Waals surface area (Å²) in [5.74, 6) is 0. The van der Waals surface area contributed by atoms with E-state index < -0.39 is 5.60 Å². The van der Waals surface area contributed by atoms with E-state index in [2.05, 4.69) is 10.1 Å².